The molecule has 1 unspecified atom stereocenters. The van der Waals surface area contributed by atoms with E-state index in [0.29, 0.717) is 12.9 Å². The van der Waals surface area contributed by atoms with Gasteiger partial charge in [-0.25, -0.2) is 0 Å². The molecule has 1 aliphatic heterocycles. The molecule has 0 aromatic heterocycles. The van der Waals surface area contributed by atoms with Crippen molar-refractivity contribution in [3.63, 3.8) is 0 Å². The van der Waals surface area contributed by atoms with Gasteiger partial charge in [0.1, 0.15) is 6.79 Å². The zero-order valence-electron chi connectivity index (χ0n) is 9.46. The first-order valence-corrected chi connectivity index (χ1v) is 6.13. The Morgan fingerprint density at radius 1 is 1.07 bits per heavy atom. The zero-order chi connectivity index (χ0) is 10.1. The van der Waals surface area contributed by atoms with Crippen molar-refractivity contribution in [1.29, 1.82) is 0 Å². The Labute approximate surface area is 88.0 Å². The smallest absolute Gasteiger partial charge is 0.147 e. The van der Waals surface area contributed by atoms with Crippen LogP contribution >= 0.6 is 0 Å². The van der Waals surface area contributed by atoms with Gasteiger partial charge in [-0.05, 0) is 12.8 Å². The summed E-state index contributed by atoms with van der Waals surface area (Å²) in [4.78, 5) is 0. The van der Waals surface area contributed by atoms with E-state index in [0.717, 1.165) is 13.0 Å². The quantitative estimate of drug-likeness (QED) is 0.586. The molecule has 0 aromatic rings. The minimum absolute atomic E-state index is 0.481. The number of hydrogen-bond donors (Lipinski definition) is 0. The van der Waals surface area contributed by atoms with Crippen LogP contribution in [-0.4, -0.2) is 19.5 Å². The zero-order valence-corrected chi connectivity index (χ0v) is 9.46. The van der Waals surface area contributed by atoms with E-state index in [1.165, 1.54) is 44.9 Å². The summed E-state index contributed by atoms with van der Waals surface area (Å²) in [5, 5.41) is 0. The van der Waals surface area contributed by atoms with Crippen molar-refractivity contribution < 1.29 is 9.47 Å². The van der Waals surface area contributed by atoms with Gasteiger partial charge in [-0.15, -0.1) is 0 Å². The fourth-order valence-corrected chi connectivity index (χ4v) is 1.88. The summed E-state index contributed by atoms with van der Waals surface area (Å²) in [6, 6.07) is 0. The van der Waals surface area contributed by atoms with Crippen molar-refractivity contribution in [1.82, 2.24) is 0 Å². The molecule has 1 rings (SSSR count). The third-order valence-electron chi connectivity index (χ3n) is 2.85. The molecule has 1 saturated heterocycles. The van der Waals surface area contributed by atoms with E-state index in [4.69, 9.17) is 9.47 Å². The molecule has 2 heteroatoms. The average Bonchev–Trinajstić information content (AvgIpc) is 2.25. The topological polar surface area (TPSA) is 18.5 Å². The van der Waals surface area contributed by atoms with E-state index in [2.05, 4.69) is 6.92 Å². The summed E-state index contributed by atoms with van der Waals surface area (Å²) < 4.78 is 10.6. The molecule has 0 aromatic carbocycles. The van der Waals surface area contributed by atoms with E-state index < -0.39 is 0 Å². The van der Waals surface area contributed by atoms with Gasteiger partial charge < -0.3 is 9.47 Å². The van der Waals surface area contributed by atoms with Gasteiger partial charge in [-0.2, -0.15) is 0 Å². The lowest BCUT2D eigenvalue weighted by Crippen LogP contribution is -2.23. The van der Waals surface area contributed by atoms with Crippen LogP contribution in [0.2, 0.25) is 0 Å². The summed E-state index contributed by atoms with van der Waals surface area (Å²) in [6.07, 6.45) is 11.0. The van der Waals surface area contributed by atoms with Crippen LogP contribution in [-0.2, 0) is 9.47 Å². The first-order chi connectivity index (χ1) is 6.93. The molecule has 0 spiro atoms. The molecule has 0 N–H and O–H groups in total. The number of hydrogen-bond acceptors (Lipinski definition) is 2. The largest absolute Gasteiger partial charge is 0.355 e. The Balaban J connectivity index is 1.82. The predicted octanol–water partition coefficient (Wildman–Crippen LogP) is 3.50. The number of unbranched alkanes of at least 4 members (excludes halogenated alkanes) is 5. The van der Waals surface area contributed by atoms with Crippen molar-refractivity contribution in [3.05, 3.63) is 0 Å². The van der Waals surface area contributed by atoms with Gasteiger partial charge in [0, 0.05) is 0 Å². The molecule has 1 atom stereocenters. The Hall–Kier alpha value is -0.0800. The van der Waals surface area contributed by atoms with E-state index in [9.17, 15) is 0 Å². The molecule has 1 aliphatic rings. The molecule has 0 radical (unpaired) electrons. The van der Waals surface area contributed by atoms with Crippen LogP contribution in [0.4, 0.5) is 0 Å². The van der Waals surface area contributed by atoms with Gasteiger partial charge in [0.05, 0.1) is 12.7 Å². The molecule has 1 heterocycles. The molecule has 0 bridgehead atoms. The molecule has 2 nitrogen and oxygen atoms in total. The maximum Gasteiger partial charge on any atom is 0.147 e. The average molecular weight is 200 g/mol. The van der Waals surface area contributed by atoms with E-state index in [1.54, 1.807) is 0 Å². The first kappa shape index (κ1) is 12.0. The highest BCUT2D eigenvalue weighted by molar-refractivity contribution is 4.60. The first-order valence-electron chi connectivity index (χ1n) is 6.13. The highest BCUT2D eigenvalue weighted by Gasteiger charge is 2.12. The Kier molecular flexibility index (Phi) is 7.06. The highest BCUT2D eigenvalue weighted by atomic mass is 16.7. The van der Waals surface area contributed by atoms with Crippen LogP contribution in [0.3, 0.4) is 0 Å². The molecular formula is C12H24O2. The second-order valence-corrected chi connectivity index (χ2v) is 4.16. The lowest BCUT2D eigenvalue weighted by molar-refractivity contribution is -0.140. The standard InChI is InChI=1S/C12H24O2/c1-2-3-4-5-6-7-8-12-9-10-13-11-14-12/h12H,2-11H2,1H3. The normalized spacial score (nSPS) is 22.5. The predicted molar refractivity (Wildman–Crippen MR) is 58.3 cm³/mol. The Morgan fingerprint density at radius 2 is 1.86 bits per heavy atom. The monoisotopic (exact) mass is 200 g/mol. The molecule has 0 aliphatic carbocycles. The second-order valence-electron chi connectivity index (χ2n) is 4.16. The van der Waals surface area contributed by atoms with Gasteiger partial charge >= 0.3 is 0 Å². The molecule has 14 heavy (non-hydrogen) atoms. The molecule has 0 saturated carbocycles. The highest BCUT2D eigenvalue weighted by Crippen LogP contribution is 2.15. The fraction of sp³-hybridized carbons (Fsp3) is 1.00. The maximum absolute atomic E-state index is 5.48. The third kappa shape index (κ3) is 5.61. The van der Waals surface area contributed by atoms with Crippen molar-refractivity contribution in [2.45, 2.75) is 64.4 Å². The SMILES string of the molecule is CCCCCCCCC1CCOCO1. The maximum atomic E-state index is 5.48. The molecule has 84 valence electrons. The van der Waals surface area contributed by atoms with Crippen LogP contribution in [0.15, 0.2) is 0 Å². The van der Waals surface area contributed by atoms with Gasteiger partial charge in [-0.3, -0.25) is 0 Å². The molecular weight excluding hydrogens is 176 g/mol. The second kappa shape index (κ2) is 8.25. The molecule has 1 fully saturated rings. The van der Waals surface area contributed by atoms with Crippen molar-refractivity contribution in [2.24, 2.45) is 0 Å². The summed E-state index contributed by atoms with van der Waals surface area (Å²) in [5.74, 6) is 0. The molecule has 0 amide bonds. The van der Waals surface area contributed by atoms with Crippen LogP contribution in [0.1, 0.15) is 58.3 Å². The van der Waals surface area contributed by atoms with Gasteiger partial charge in [-0.1, -0.05) is 45.4 Å². The van der Waals surface area contributed by atoms with Gasteiger partial charge in [0.15, 0.2) is 0 Å². The minimum atomic E-state index is 0.481. The summed E-state index contributed by atoms with van der Waals surface area (Å²) in [5.41, 5.74) is 0. The summed E-state index contributed by atoms with van der Waals surface area (Å²) in [7, 11) is 0. The Bertz CT molecular complexity index is 119. The summed E-state index contributed by atoms with van der Waals surface area (Å²) in [6.45, 7) is 3.66. The van der Waals surface area contributed by atoms with Gasteiger partial charge in [0.2, 0.25) is 0 Å². The van der Waals surface area contributed by atoms with Crippen LogP contribution in [0.5, 0.6) is 0 Å². The third-order valence-corrected chi connectivity index (χ3v) is 2.85. The van der Waals surface area contributed by atoms with Crippen molar-refractivity contribution >= 4 is 0 Å². The van der Waals surface area contributed by atoms with Crippen molar-refractivity contribution in [3.8, 4) is 0 Å². The van der Waals surface area contributed by atoms with Gasteiger partial charge in [0.25, 0.3) is 0 Å². The van der Waals surface area contributed by atoms with E-state index in [1.807, 2.05) is 0 Å². The minimum Gasteiger partial charge on any atom is -0.355 e. The number of ether oxygens (including phenoxy) is 2. The lowest BCUT2D eigenvalue weighted by Gasteiger charge is -2.22. The van der Waals surface area contributed by atoms with Crippen LogP contribution in [0.25, 0.3) is 0 Å². The summed E-state index contributed by atoms with van der Waals surface area (Å²) >= 11 is 0. The van der Waals surface area contributed by atoms with Crippen LogP contribution < -0.4 is 0 Å². The van der Waals surface area contributed by atoms with E-state index >= 15 is 0 Å². The lowest BCUT2D eigenvalue weighted by atomic mass is 10.1. The van der Waals surface area contributed by atoms with E-state index in [-0.39, 0.29) is 0 Å². The fourth-order valence-electron chi connectivity index (χ4n) is 1.88. The Morgan fingerprint density at radius 3 is 2.57 bits per heavy atom. The number of rotatable bonds is 7. The van der Waals surface area contributed by atoms with Crippen LogP contribution in [0, 0.1) is 0 Å². The van der Waals surface area contributed by atoms with Crippen molar-refractivity contribution in [2.75, 3.05) is 13.4 Å².